The zero-order chi connectivity index (χ0) is 14.1. The van der Waals surface area contributed by atoms with Crippen molar-refractivity contribution >= 4 is 11.8 Å². The Labute approximate surface area is 113 Å². The second kappa shape index (κ2) is 8.29. The summed E-state index contributed by atoms with van der Waals surface area (Å²) in [7, 11) is 3.32. The molecule has 0 aliphatic rings. The zero-order valence-corrected chi connectivity index (χ0v) is 11.8. The predicted octanol–water partition coefficient (Wildman–Crippen LogP) is 1.65. The smallest absolute Gasteiger partial charge is 0.305 e. The van der Waals surface area contributed by atoms with Crippen LogP contribution in [0.2, 0.25) is 0 Å². The van der Waals surface area contributed by atoms with Crippen LogP contribution in [0.15, 0.2) is 12.4 Å². The maximum atomic E-state index is 11.0. The van der Waals surface area contributed by atoms with Gasteiger partial charge in [-0.1, -0.05) is 6.92 Å². The van der Waals surface area contributed by atoms with Crippen LogP contribution in [0.3, 0.4) is 0 Å². The summed E-state index contributed by atoms with van der Waals surface area (Å²) in [6, 6.07) is 1.80. The third-order valence-corrected chi connectivity index (χ3v) is 2.57. The third-order valence-electron chi connectivity index (χ3n) is 2.57. The number of methoxy groups -OCH3 is 1. The molecule has 6 heteroatoms. The van der Waals surface area contributed by atoms with E-state index in [1.54, 1.807) is 6.07 Å². The van der Waals surface area contributed by atoms with Crippen LogP contribution >= 0.6 is 0 Å². The fourth-order valence-electron chi connectivity index (χ4n) is 1.50. The Kier molecular flexibility index (Phi) is 6.63. The number of aromatic nitrogens is 2. The molecule has 0 unspecified atom stereocenters. The lowest BCUT2D eigenvalue weighted by atomic mass is 10.3. The van der Waals surface area contributed by atoms with E-state index in [-0.39, 0.29) is 5.97 Å². The number of esters is 1. The van der Waals surface area contributed by atoms with Gasteiger partial charge < -0.3 is 14.4 Å². The maximum absolute atomic E-state index is 11.0. The summed E-state index contributed by atoms with van der Waals surface area (Å²) in [5, 5.41) is 0. The van der Waals surface area contributed by atoms with E-state index in [4.69, 9.17) is 4.74 Å². The molecule has 0 radical (unpaired) electrons. The molecule has 1 rings (SSSR count). The fraction of sp³-hybridized carbons (Fsp3) is 0.615. The van der Waals surface area contributed by atoms with Crippen molar-refractivity contribution in [3.63, 3.8) is 0 Å². The minimum atomic E-state index is -0.192. The molecule has 0 fully saturated rings. The number of hydrogen-bond acceptors (Lipinski definition) is 6. The van der Waals surface area contributed by atoms with Crippen LogP contribution in [0.1, 0.15) is 26.2 Å². The molecule has 0 spiro atoms. The van der Waals surface area contributed by atoms with Crippen molar-refractivity contribution in [2.45, 2.75) is 26.2 Å². The Morgan fingerprint density at radius 2 is 2.21 bits per heavy atom. The summed E-state index contributed by atoms with van der Waals surface area (Å²) in [6.45, 7) is 3.41. The first-order chi connectivity index (χ1) is 9.17. The number of rotatable bonds is 8. The summed E-state index contributed by atoms with van der Waals surface area (Å²) in [4.78, 5) is 21.2. The first kappa shape index (κ1) is 15.2. The molecule has 0 aromatic carbocycles. The first-order valence-electron chi connectivity index (χ1n) is 6.40. The van der Waals surface area contributed by atoms with E-state index < -0.39 is 0 Å². The Morgan fingerprint density at radius 3 is 2.89 bits per heavy atom. The van der Waals surface area contributed by atoms with Crippen LogP contribution in [-0.2, 0) is 9.53 Å². The highest BCUT2D eigenvalue weighted by molar-refractivity contribution is 5.69. The summed E-state index contributed by atoms with van der Waals surface area (Å²) in [6.07, 6.45) is 3.55. The molecule has 0 bridgehead atoms. The molecule has 106 valence electrons. The van der Waals surface area contributed by atoms with E-state index in [0.29, 0.717) is 18.9 Å². The van der Waals surface area contributed by atoms with Gasteiger partial charge in [0.15, 0.2) is 0 Å². The number of hydrogen-bond donors (Lipinski definition) is 0. The van der Waals surface area contributed by atoms with Crippen LogP contribution < -0.4 is 9.64 Å². The summed E-state index contributed by atoms with van der Waals surface area (Å²) in [5.41, 5.74) is 0. The molecule has 0 N–H and O–H groups in total. The summed E-state index contributed by atoms with van der Waals surface area (Å²) < 4.78 is 10.1. The van der Waals surface area contributed by atoms with Crippen molar-refractivity contribution in [3.05, 3.63) is 12.4 Å². The summed E-state index contributed by atoms with van der Waals surface area (Å²) >= 11 is 0. The predicted molar refractivity (Wildman–Crippen MR) is 72.3 cm³/mol. The Bertz CT molecular complexity index is 398. The van der Waals surface area contributed by atoms with Gasteiger partial charge in [0.05, 0.1) is 13.7 Å². The maximum Gasteiger partial charge on any atom is 0.305 e. The van der Waals surface area contributed by atoms with Gasteiger partial charge in [0.2, 0.25) is 5.88 Å². The molecular weight excluding hydrogens is 246 g/mol. The van der Waals surface area contributed by atoms with Gasteiger partial charge in [-0.05, 0) is 12.8 Å². The molecule has 0 saturated carbocycles. The Hall–Kier alpha value is -1.85. The second-order valence-electron chi connectivity index (χ2n) is 4.16. The van der Waals surface area contributed by atoms with Gasteiger partial charge in [-0.15, -0.1) is 0 Å². The number of ether oxygens (including phenoxy) is 2. The van der Waals surface area contributed by atoms with E-state index >= 15 is 0 Å². The van der Waals surface area contributed by atoms with Crippen LogP contribution in [0, 0.1) is 0 Å². The Balaban J connectivity index is 2.47. The molecule has 6 nitrogen and oxygen atoms in total. The van der Waals surface area contributed by atoms with E-state index in [9.17, 15) is 4.79 Å². The normalized spacial score (nSPS) is 10.1. The van der Waals surface area contributed by atoms with Gasteiger partial charge in [0.1, 0.15) is 12.1 Å². The fourth-order valence-corrected chi connectivity index (χ4v) is 1.50. The van der Waals surface area contributed by atoms with Crippen LogP contribution in [0.5, 0.6) is 5.88 Å². The molecule has 0 saturated heterocycles. The standard InChI is InChI=1S/C13H21N3O3/c1-4-8-19-12-9-11(14-10-15-12)16(2)7-5-6-13(17)18-3/h9-10H,4-8H2,1-3H3. The lowest BCUT2D eigenvalue weighted by Crippen LogP contribution is -2.20. The van der Waals surface area contributed by atoms with Gasteiger partial charge in [-0.2, -0.15) is 0 Å². The minimum Gasteiger partial charge on any atom is -0.478 e. The third kappa shape index (κ3) is 5.54. The van der Waals surface area contributed by atoms with Crippen molar-refractivity contribution < 1.29 is 14.3 Å². The van der Waals surface area contributed by atoms with Crippen molar-refractivity contribution in [2.75, 3.05) is 32.2 Å². The average molecular weight is 267 g/mol. The number of carbonyl (C=O) groups is 1. The number of nitrogens with zero attached hydrogens (tertiary/aromatic N) is 3. The highest BCUT2D eigenvalue weighted by atomic mass is 16.5. The molecule has 1 heterocycles. The molecule has 0 aliphatic carbocycles. The molecule has 19 heavy (non-hydrogen) atoms. The quantitative estimate of drug-likeness (QED) is 0.667. The lowest BCUT2D eigenvalue weighted by Gasteiger charge is -2.17. The first-order valence-corrected chi connectivity index (χ1v) is 6.40. The second-order valence-corrected chi connectivity index (χ2v) is 4.16. The van der Waals surface area contributed by atoms with Gasteiger partial charge >= 0.3 is 5.97 Å². The Morgan fingerprint density at radius 1 is 1.42 bits per heavy atom. The lowest BCUT2D eigenvalue weighted by molar-refractivity contribution is -0.140. The van der Waals surface area contributed by atoms with Crippen LogP contribution in [0.4, 0.5) is 5.82 Å². The SMILES string of the molecule is CCCOc1cc(N(C)CCCC(=O)OC)ncn1. The van der Waals surface area contributed by atoms with E-state index in [1.807, 2.05) is 18.9 Å². The zero-order valence-electron chi connectivity index (χ0n) is 11.8. The monoisotopic (exact) mass is 267 g/mol. The number of carbonyl (C=O) groups excluding carboxylic acids is 1. The topological polar surface area (TPSA) is 64.5 Å². The highest BCUT2D eigenvalue weighted by Crippen LogP contribution is 2.15. The van der Waals surface area contributed by atoms with Crippen molar-refractivity contribution in [3.8, 4) is 5.88 Å². The summed E-state index contributed by atoms with van der Waals surface area (Å²) in [5.74, 6) is 1.17. The van der Waals surface area contributed by atoms with Gasteiger partial charge in [-0.25, -0.2) is 9.97 Å². The minimum absolute atomic E-state index is 0.192. The molecule has 1 aromatic heterocycles. The number of anilines is 1. The van der Waals surface area contributed by atoms with Crippen molar-refractivity contribution in [1.29, 1.82) is 0 Å². The molecular formula is C13H21N3O3. The van der Waals surface area contributed by atoms with E-state index in [1.165, 1.54) is 13.4 Å². The molecule has 1 aromatic rings. The molecule has 0 atom stereocenters. The largest absolute Gasteiger partial charge is 0.478 e. The van der Waals surface area contributed by atoms with E-state index in [0.717, 1.165) is 25.2 Å². The molecule has 0 amide bonds. The van der Waals surface area contributed by atoms with Gasteiger partial charge in [-0.3, -0.25) is 4.79 Å². The van der Waals surface area contributed by atoms with Crippen molar-refractivity contribution in [1.82, 2.24) is 9.97 Å². The van der Waals surface area contributed by atoms with E-state index in [2.05, 4.69) is 14.7 Å². The van der Waals surface area contributed by atoms with Gasteiger partial charge in [0.25, 0.3) is 0 Å². The van der Waals surface area contributed by atoms with Crippen LogP contribution in [0.25, 0.3) is 0 Å². The van der Waals surface area contributed by atoms with Gasteiger partial charge in [0, 0.05) is 26.1 Å². The van der Waals surface area contributed by atoms with Crippen molar-refractivity contribution in [2.24, 2.45) is 0 Å². The van der Waals surface area contributed by atoms with Crippen LogP contribution in [-0.4, -0.2) is 43.2 Å². The average Bonchev–Trinajstić information content (AvgIpc) is 2.45. The molecule has 0 aliphatic heterocycles. The highest BCUT2D eigenvalue weighted by Gasteiger charge is 2.06.